The van der Waals surface area contributed by atoms with Crippen LogP contribution in [0.4, 0.5) is 0 Å². The minimum Gasteiger partial charge on any atom is -0.299 e. The van der Waals surface area contributed by atoms with Gasteiger partial charge in [0.25, 0.3) is 0 Å². The molecule has 0 aromatic rings. The number of hydrogen-bond donors (Lipinski definition) is 0. The molecule has 1 atom stereocenters. The van der Waals surface area contributed by atoms with Crippen molar-refractivity contribution >= 4 is 29.8 Å². The number of hydrogen-bond acceptors (Lipinski definition) is 3. The van der Waals surface area contributed by atoms with E-state index in [0.29, 0.717) is 0 Å². The zero-order valence-electron chi connectivity index (χ0n) is 9.82. The van der Waals surface area contributed by atoms with Crippen LogP contribution >= 0.6 is 23.5 Å². The number of carbonyl (C=O) groups excluding carboxylic acids is 1. The molecule has 0 saturated carbocycles. The van der Waals surface area contributed by atoms with Gasteiger partial charge in [-0.15, -0.1) is 0 Å². The Kier molecular flexibility index (Phi) is 6.47. The van der Waals surface area contributed by atoms with Gasteiger partial charge in [-0.3, -0.25) is 4.79 Å². The Hall–Kier alpha value is 0.01000. The molecule has 92 valence electrons. The quantitative estimate of drug-likeness (QED) is 0.217. The van der Waals surface area contributed by atoms with E-state index in [-0.39, 0.29) is 0 Å². The Labute approximate surface area is 108 Å². The van der Waals surface area contributed by atoms with Crippen molar-refractivity contribution in [2.24, 2.45) is 0 Å². The molecule has 0 spiro atoms. The molecule has 0 aromatic carbocycles. The second-order valence-corrected chi connectivity index (χ2v) is 5.65. The number of halogens is 1. The van der Waals surface area contributed by atoms with Crippen LogP contribution in [0.3, 0.4) is 0 Å². The summed E-state index contributed by atoms with van der Waals surface area (Å²) in [5.41, 5.74) is 0. The average molecular weight is 262 g/mol. The van der Waals surface area contributed by atoms with E-state index < -0.39 is 5.00 Å². The van der Waals surface area contributed by atoms with E-state index >= 15 is 0 Å². The molecule has 2 nitrogen and oxygen atoms in total. The molecule has 16 heavy (non-hydrogen) atoms. The lowest BCUT2D eigenvalue weighted by molar-refractivity contribution is -0.110. The summed E-state index contributed by atoms with van der Waals surface area (Å²) in [5, 5.41) is 1.89. The zero-order valence-corrected chi connectivity index (χ0v) is 11.4. The van der Waals surface area contributed by atoms with Gasteiger partial charge in [-0.1, -0.05) is 50.6 Å². The van der Waals surface area contributed by atoms with Gasteiger partial charge < -0.3 is 0 Å². The average Bonchev–Trinajstić information content (AvgIpc) is 2.66. The van der Waals surface area contributed by atoms with Gasteiger partial charge in [-0.05, 0) is 29.9 Å². The van der Waals surface area contributed by atoms with E-state index in [2.05, 4.69) is 6.92 Å². The van der Waals surface area contributed by atoms with E-state index in [4.69, 9.17) is 11.6 Å². The first-order valence-electron chi connectivity index (χ1n) is 6.00. The lowest BCUT2D eigenvalue weighted by Gasteiger charge is -2.25. The smallest absolute Gasteiger partial charge is 0.180 e. The molecule has 0 fully saturated rings. The molecule has 0 aromatic heterocycles. The molecule has 0 N–H and O–H groups in total. The highest BCUT2D eigenvalue weighted by atomic mass is 35.5. The number of rotatable bonds is 8. The molecule has 1 heterocycles. The Bertz CT molecular complexity index is 247. The lowest BCUT2D eigenvalue weighted by atomic mass is 10.1. The maximum atomic E-state index is 10.9. The van der Waals surface area contributed by atoms with Crippen LogP contribution in [0.2, 0.25) is 0 Å². The second kappa shape index (κ2) is 7.36. The van der Waals surface area contributed by atoms with Crippen molar-refractivity contribution < 1.29 is 4.79 Å². The topological polar surface area (TPSA) is 20.3 Å². The van der Waals surface area contributed by atoms with Gasteiger partial charge in [0.1, 0.15) is 0 Å². The van der Waals surface area contributed by atoms with Gasteiger partial charge in [-0.25, -0.2) is 4.31 Å². The first-order valence-corrected chi connectivity index (χ1v) is 7.22. The van der Waals surface area contributed by atoms with Crippen LogP contribution in [0.25, 0.3) is 0 Å². The van der Waals surface area contributed by atoms with Gasteiger partial charge in [-0.2, -0.15) is 0 Å². The van der Waals surface area contributed by atoms with Crippen molar-refractivity contribution in [3.05, 3.63) is 11.5 Å². The Morgan fingerprint density at radius 1 is 1.31 bits per heavy atom. The third-order valence-electron chi connectivity index (χ3n) is 2.75. The Balaban J connectivity index is 2.12. The molecule has 0 radical (unpaired) electrons. The van der Waals surface area contributed by atoms with Crippen LogP contribution in [0.1, 0.15) is 45.4 Å². The fourth-order valence-electron chi connectivity index (χ4n) is 1.72. The van der Waals surface area contributed by atoms with E-state index in [1.165, 1.54) is 44.1 Å². The summed E-state index contributed by atoms with van der Waals surface area (Å²) in [4.78, 5) is 9.98. The summed E-state index contributed by atoms with van der Waals surface area (Å²) in [5.74, 6) is 0. The number of carbonyl (C=O) groups is 1. The van der Waals surface area contributed by atoms with Crippen molar-refractivity contribution in [1.29, 1.82) is 0 Å². The van der Waals surface area contributed by atoms with Gasteiger partial charge in [0.15, 0.2) is 11.3 Å². The molecular weight excluding hydrogens is 242 g/mol. The molecule has 0 bridgehead atoms. The Morgan fingerprint density at radius 3 is 2.69 bits per heavy atom. The van der Waals surface area contributed by atoms with Crippen molar-refractivity contribution in [2.75, 3.05) is 6.54 Å². The maximum absolute atomic E-state index is 10.9. The molecule has 1 rings (SSSR count). The van der Waals surface area contributed by atoms with Crippen molar-refractivity contribution in [2.45, 2.75) is 50.4 Å². The van der Waals surface area contributed by atoms with Crippen LogP contribution in [0.5, 0.6) is 0 Å². The highest BCUT2D eigenvalue weighted by molar-refractivity contribution is 8.00. The third kappa shape index (κ3) is 4.11. The summed E-state index contributed by atoms with van der Waals surface area (Å²) in [6.45, 7) is 3.10. The summed E-state index contributed by atoms with van der Waals surface area (Å²) < 4.78 is 1.95. The molecule has 0 amide bonds. The summed E-state index contributed by atoms with van der Waals surface area (Å²) in [7, 11) is 0. The van der Waals surface area contributed by atoms with E-state index in [0.717, 1.165) is 19.3 Å². The molecule has 0 saturated heterocycles. The molecule has 1 aliphatic heterocycles. The normalized spacial score (nSPS) is 25.1. The first-order chi connectivity index (χ1) is 7.73. The molecular formula is C12H20ClNOS. The fourth-order valence-corrected chi connectivity index (χ4v) is 2.98. The number of alkyl halides is 1. The third-order valence-corrected chi connectivity index (χ3v) is 4.27. The highest BCUT2D eigenvalue weighted by Gasteiger charge is 2.35. The van der Waals surface area contributed by atoms with Crippen molar-refractivity contribution in [1.82, 2.24) is 4.31 Å². The summed E-state index contributed by atoms with van der Waals surface area (Å²) in [6.07, 6.45) is 10.1. The lowest BCUT2D eigenvalue weighted by Crippen LogP contribution is -2.36. The molecule has 4 heteroatoms. The number of nitrogens with zero attached hydrogens (tertiary/aromatic N) is 1. The van der Waals surface area contributed by atoms with E-state index in [1.807, 2.05) is 9.71 Å². The minimum atomic E-state index is -0.895. The highest BCUT2D eigenvalue weighted by Crippen LogP contribution is 2.35. The van der Waals surface area contributed by atoms with E-state index in [9.17, 15) is 4.79 Å². The summed E-state index contributed by atoms with van der Waals surface area (Å²) >= 11 is 7.67. The Morgan fingerprint density at radius 2 is 2.00 bits per heavy atom. The van der Waals surface area contributed by atoms with Crippen molar-refractivity contribution in [3.8, 4) is 0 Å². The predicted molar refractivity (Wildman–Crippen MR) is 71.5 cm³/mol. The van der Waals surface area contributed by atoms with Crippen LogP contribution in [0, 0.1) is 0 Å². The van der Waals surface area contributed by atoms with Crippen LogP contribution in [0.15, 0.2) is 11.5 Å². The molecule has 0 aliphatic carbocycles. The standard InChI is InChI=1S/C12H20ClNOS/c1-2-3-4-5-6-7-9-14-12(13,11-15)8-10-16-14/h8,10-11H,2-7,9H2,1H3. The summed E-state index contributed by atoms with van der Waals surface area (Å²) in [6, 6.07) is 0. The predicted octanol–water partition coefficient (Wildman–Crippen LogP) is 3.96. The largest absolute Gasteiger partial charge is 0.299 e. The van der Waals surface area contributed by atoms with Gasteiger partial charge >= 0.3 is 0 Å². The maximum Gasteiger partial charge on any atom is 0.180 e. The molecule has 1 aliphatic rings. The number of aldehydes is 1. The van der Waals surface area contributed by atoms with Crippen molar-refractivity contribution in [3.63, 3.8) is 0 Å². The van der Waals surface area contributed by atoms with E-state index in [1.54, 1.807) is 6.08 Å². The van der Waals surface area contributed by atoms with Gasteiger partial charge in [0.2, 0.25) is 0 Å². The first kappa shape index (κ1) is 14.1. The van der Waals surface area contributed by atoms with Gasteiger partial charge in [0.05, 0.1) is 0 Å². The minimum absolute atomic E-state index is 0.808. The van der Waals surface area contributed by atoms with Crippen LogP contribution in [-0.4, -0.2) is 22.1 Å². The van der Waals surface area contributed by atoms with Gasteiger partial charge in [0, 0.05) is 6.54 Å². The zero-order chi connectivity index (χ0) is 11.9. The SMILES string of the molecule is CCCCCCCCN1SC=CC1(Cl)C=O. The van der Waals surface area contributed by atoms with Crippen LogP contribution in [-0.2, 0) is 4.79 Å². The fraction of sp³-hybridized carbons (Fsp3) is 0.750. The molecule has 1 unspecified atom stereocenters. The number of unbranched alkanes of at least 4 members (excludes halogenated alkanes) is 5. The monoisotopic (exact) mass is 261 g/mol. The second-order valence-electron chi connectivity index (χ2n) is 4.12. The van der Waals surface area contributed by atoms with Crippen LogP contribution < -0.4 is 0 Å².